The average molecular weight is 245 g/mol. The largest absolute Gasteiger partial charge is 0.390 e. The summed E-state index contributed by atoms with van der Waals surface area (Å²) in [6.07, 6.45) is -2.98. The maximum atomic E-state index is 12.3. The van der Waals surface area contributed by atoms with Gasteiger partial charge in [0.1, 0.15) is 0 Å². The molecular formula is C13H18F3N. The van der Waals surface area contributed by atoms with Gasteiger partial charge in [0.05, 0.1) is 6.42 Å². The highest BCUT2D eigenvalue weighted by Crippen LogP contribution is 2.29. The van der Waals surface area contributed by atoms with Crippen LogP contribution in [0.25, 0.3) is 0 Å². The van der Waals surface area contributed by atoms with Gasteiger partial charge in [0.25, 0.3) is 0 Å². The Morgan fingerprint density at radius 1 is 1.18 bits per heavy atom. The molecule has 1 N–H and O–H groups in total. The molecule has 1 unspecified atom stereocenters. The minimum atomic E-state index is -4.14. The van der Waals surface area contributed by atoms with Gasteiger partial charge in [-0.1, -0.05) is 37.6 Å². The lowest BCUT2D eigenvalue weighted by Gasteiger charge is -2.18. The van der Waals surface area contributed by atoms with E-state index in [0.29, 0.717) is 5.56 Å². The lowest BCUT2D eigenvalue weighted by molar-refractivity contribution is -0.140. The van der Waals surface area contributed by atoms with Crippen molar-refractivity contribution in [2.45, 2.75) is 38.4 Å². The van der Waals surface area contributed by atoms with Crippen molar-refractivity contribution >= 4 is 0 Å². The molecule has 0 aliphatic carbocycles. The molecule has 1 nitrogen and oxygen atoms in total. The van der Waals surface area contributed by atoms with E-state index in [1.54, 1.807) is 19.2 Å². The van der Waals surface area contributed by atoms with Gasteiger partial charge < -0.3 is 5.32 Å². The third-order valence-electron chi connectivity index (χ3n) is 2.70. The van der Waals surface area contributed by atoms with E-state index < -0.39 is 18.6 Å². The molecule has 1 aromatic rings. The van der Waals surface area contributed by atoms with Crippen molar-refractivity contribution in [2.75, 3.05) is 7.05 Å². The van der Waals surface area contributed by atoms with E-state index >= 15 is 0 Å². The van der Waals surface area contributed by atoms with Gasteiger partial charge in [-0.2, -0.15) is 13.2 Å². The molecule has 0 aliphatic heterocycles. The van der Waals surface area contributed by atoms with E-state index in [2.05, 4.69) is 12.2 Å². The molecule has 96 valence electrons. The molecule has 0 radical (unpaired) electrons. The van der Waals surface area contributed by atoms with E-state index in [-0.39, 0.29) is 0 Å². The SMILES string of the molecule is CCCc1ccc(C(CC(F)(F)F)NC)cc1. The van der Waals surface area contributed by atoms with Crippen LogP contribution in [0.4, 0.5) is 13.2 Å². The fraction of sp³-hybridized carbons (Fsp3) is 0.538. The number of rotatable bonds is 5. The third kappa shape index (κ3) is 4.77. The quantitative estimate of drug-likeness (QED) is 0.830. The fourth-order valence-electron chi connectivity index (χ4n) is 1.82. The Labute approximate surface area is 100 Å². The zero-order chi connectivity index (χ0) is 12.9. The summed E-state index contributed by atoms with van der Waals surface area (Å²) in [4.78, 5) is 0. The van der Waals surface area contributed by atoms with Crippen LogP contribution in [0.15, 0.2) is 24.3 Å². The Balaban J connectivity index is 2.75. The van der Waals surface area contributed by atoms with Crippen molar-refractivity contribution in [3.05, 3.63) is 35.4 Å². The van der Waals surface area contributed by atoms with E-state index in [1.165, 1.54) is 0 Å². The second-order valence-corrected chi connectivity index (χ2v) is 4.15. The first kappa shape index (κ1) is 14.0. The van der Waals surface area contributed by atoms with Crippen molar-refractivity contribution in [3.63, 3.8) is 0 Å². The summed E-state index contributed by atoms with van der Waals surface area (Å²) in [6, 6.07) is 6.69. The molecule has 0 amide bonds. The number of nitrogens with one attached hydrogen (secondary N) is 1. The zero-order valence-corrected chi connectivity index (χ0v) is 10.1. The van der Waals surface area contributed by atoms with Crippen LogP contribution in [0, 0.1) is 0 Å². The number of halogens is 3. The van der Waals surface area contributed by atoms with Crippen LogP contribution in [0.2, 0.25) is 0 Å². The van der Waals surface area contributed by atoms with Crippen LogP contribution in [-0.2, 0) is 6.42 Å². The van der Waals surface area contributed by atoms with Gasteiger partial charge in [0.2, 0.25) is 0 Å². The predicted molar refractivity (Wildman–Crippen MR) is 62.9 cm³/mol. The summed E-state index contributed by atoms with van der Waals surface area (Å²) in [5, 5.41) is 2.71. The van der Waals surface area contributed by atoms with Crippen LogP contribution < -0.4 is 5.32 Å². The minimum absolute atomic E-state index is 0.661. The van der Waals surface area contributed by atoms with E-state index in [1.807, 2.05) is 12.1 Å². The summed E-state index contributed by atoms with van der Waals surface area (Å²) in [5.41, 5.74) is 1.85. The molecule has 0 heterocycles. The van der Waals surface area contributed by atoms with Gasteiger partial charge in [-0.15, -0.1) is 0 Å². The standard InChI is InChI=1S/C13H18F3N/c1-3-4-10-5-7-11(8-6-10)12(17-2)9-13(14,15)16/h5-8,12,17H,3-4,9H2,1-2H3. The normalized spacial score (nSPS) is 13.7. The molecule has 4 heteroatoms. The second kappa shape index (κ2) is 6.05. The van der Waals surface area contributed by atoms with Crippen LogP contribution in [0.1, 0.15) is 36.9 Å². The Morgan fingerprint density at radius 3 is 2.18 bits per heavy atom. The van der Waals surface area contributed by atoms with Crippen molar-refractivity contribution in [3.8, 4) is 0 Å². The molecule has 1 aromatic carbocycles. The van der Waals surface area contributed by atoms with Crippen molar-refractivity contribution < 1.29 is 13.2 Å². The Kier molecular flexibility index (Phi) is 5.00. The molecule has 0 saturated heterocycles. The number of benzene rings is 1. The summed E-state index contributed by atoms with van der Waals surface area (Å²) in [5.74, 6) is 0. The van der Waals surface area contributed by atoms with Gasteiger partial charge >= 0.3 is 6.18 Å². The van der Waals surface area contributed by atoms with Crippen molar-refractivity contribution in [1.82, 2.24) is 5.32 Å². The Morgan fingerprint density at radius 2 is 1.76 bits per heavy atom. The van der Waals surface area contributed by atoms with Gasteiger partial charge in [-0.25, -0.2) is 0 Å². The van der Waals surface area contributed by atoms with Gasteiger partial charge in [-0.3, -0.25) is 0 Å². The molecule has 0 bridgehead atoms. The molecular weight excluding hydrogens is 227 g/mol. The highest BCUT2D eigenvalue weighted by Gasteiger charge is 2.31. The molecule has 1 atom stereocenters. The predicted octanol–water partition coefficient (Wildman–Crippen LogP) is 3.85. The third-order valence-corrected chi connectivity index (χ3v) is 2.70. The van der Waals surface area contributed by atoms with E-state index in [4.69, 9.17) is 0 Å². The summed E-state index contributed by atoms with van der Waals surface area (Å²) >= 11 is 0. The first-order valence-corrected chi connectivity index (χ1v) is 5.79. The first-order valence-electron chi connectivity index (χ1n) is 5.79. The number of hydrogen-bond acceptors (Lipinski definition) is 1. The molecule has 0 aromatic heterocycles. The molecule has 17 heavy (non-hydrogen) atoms. The maximum Gasteiger partial charge on any atom is 0.390 e. The monoisotopic (exact) mass is 245 g/mol. The Bertz CT molecular complexity index is 330. The van der Waals surface area contributed by atoms with Crippen LogP contribution >= 0.6 is 0 Å². The van der Waals surface area contributed by atoms with Crippen LogP contribution in [-0.4, -0.2) is 13.2 Å². The van der Waals surface area contributed by atoms with Crippen molar-refractivity contribution in [1.29, 1.82) is 0 Å². The summed E-state index contributed by atoms with van der Waals surface area (Å²) < 4.78 is 37.0. The second-order valence-electron chi connectivity index (χ2n) is 4.15. The highest BCUT2D eigenvalue weighted by atomic mass is 19.4. The Hall–Kier alpha value is -1.03. The molecule has 0 fully saturated rings. The van der Waals surface area contributed by atoms with Gasteiger partial charge in [0, 0.05) is 6.04 Å². The maximum absolute atomic E-state index is 12.3. The van der Waals surface area contributed by atoms with Crippen LogP contribution in [0.3, 0.4) is 0 Å². The molecule has 0 aliphatic rings. The van der Waals surface area contributed by atoms with Crippen LogP contribution in [0.5, 0.6) is 0 Å². The lowest BCUT2D eigenvalue weighted by Crippen LogP contribution is -2.23. The molecule has 0 spiro atoms. The average Bonchev–Trinajstić information content (AvgIpc) is 2.26. The minimum Gasteiger partial charge on any atom is -0.313 e. The van der Waals surface area contributed by atoms with E-state index in [0.717, 1.165) is 18.4 Å². The zero-order valence-electron chi connectivity index (χ0n) is 10.1. The summed E-state index contributed by atoms with van der Waals surface area (Å²) in [6.45, 7) is 2.08. The molecule has 1 rings (SSSR count). The topological polar surface area (TPSA) is 12.0 Å². The number of alkyl halides is 3. The highest BCUT2D eigenvalue weighted by molar-refractivity contribution is 5.25. The van der Waals surface area contributed by atoms with Gasteiger partial charge in [0.15, 0.2) is 0 Å². The molecule has 0 saturated carbocycles. The lowest BCUT2D eigenvalue weighted by atomic mass is 10.0. The number of aryl methyl sites for hydroxylation is 1. The first-order chi connectivity index (χ1) is 7.96. The summed E-state index contributed by atoms with van der Waals surface area (Å²) in [7, 11) is 1.55. The van der Waals surface area contributed by atoms with Crippen molar-refractivity contribution in [2.24, 2.45) is 0 Å². The number of hydrogen-bond donors (Lipinski definition) is 1. The fourth-order valence-corrected chi connectivity index (χ4v) is 1.82. The smallest absolute Gasteiger partial charge is 0.313 e. The van der Waals surface area contributed by atoms with E-state index in [9.17, 15) is 13.2 Å². The van der Waals surface area contributed by atoms with Gasteiger partial charge in [-0.05, 0) is 24.6 Å².